The molecule has 3 nitrogen and oxygen atoms in total. The number of hydrogen-bond acceptors (Lipinski definition) is 2. The maximum absolute atomic E-state index is 13.0. The van der Waals surface area contributed by atoms with Crippen molar-refractivity contribution < 1.29 is 9.18 Å². The van der Waals surface area contributed by atoms with Crippen molar-refractivity contribution in [3.63, 3.8) is 0 Å². The highest BCUT2D eigenvalue weighted by molar-refractivity contribution is 5.79. The van der Waals surface area contributed by atoms with Gasteiger partial charge in [0.2, 0.25) is 5.91 Å². The van der Waals surface area contributed by atoms with Gasteiger partial charge < -0.3 is 11.1 Å². The van der Waals surface area contributed by atoms with E-state index in [1.54, 1.807) is 18.2 Å². The highest BCUT2D eigenvalue weighted by Gasteiger charge is 2.10. The Hall–Kier alpha value is -2.36. The molecule has 0 bridgehead atoms. The Morgan fingerprint density at radius 3 is 2.70 bits per heavy atom. The Bertz CT molecular complexity index is 613. The molecule has 2 aromatic rings. The Balaban J connectivity index is 1.97. The van der Waals surface area contributed by atoms with E-state index >= 15 is 0 Å². The van der Waals surface area contributed by atoms with Crippen molar-refractivity contribution in [2.75, 3.05) is 5.73 Å². The summed E-state index contributed by atoms with van der Waals surface area (Å²) in [6.07, 6.45) is 0.157. The van der Waals surface area contributed by atoms with Gasteiger partial charge in [-0.1, -0.05) is 24.3 Å². The number of benzene rings is 2. The molecule has 20 heavy (non-hydrogen) atoms. The van der Waals surface area contributed by atoms with Crippen LogP contribution in [0.1, 0.15) is 24.1 Å². The molecule has 0 radical (unpaired) electrons. The summed E-state index contributed by atoms with van der Waals surface area (Å²) in [5.74, 6) is -0.482. The van der Waals surface area contributed by atoms with Crippen LogP contribution in [-0.4, -0.2) is 5.91 Å². The first kappa shape index (κ1) is 14.1. The molecule has 2 aromatic carbocycles. The molecule has 0 spiro atoms. The highest BCUT2D eigenvalue weighted by Crippen LogP contribution is 2.15. The van der Waals surface area contributed by atoms with E-state index in [1.807, 2.05) is 25.1 Å². The number of halogens is 1. The standard InChI is InChI=1S/C16H17FN2O/c1-11(13-5-3-7-15(18)10-13)19-16(20)9-12-4-2-6-14(17)8-12/h2-8,10-11H,9,18H2,1H3,(H,19,20). The number of carbonyl (C=O) groups excluding carboxylic acids is 1. The molecule has 0 heterocycles. The van der Waals surface area contributed by atoms with Crippen molar-refractivity contribution in [2.45, 2.75) is 19.4 Å². The average Bonchev–Trinajstić information content (AvgIpc) is 2.38. The molecular formula is C16H17FN2O. The van der Waals surface area contributed by atoms with Crippen LogP contribution in [0.5, 0.6) is 0 Å². The summed E-state index contributed by atoms with van der Waals surface area (Å²) < 4.78 is 13.0. The molecular weight excluding hydrogens is 255 g/mol. The molecule has 0 aliphatic carbocycles. The smallest absolute Gasteiger partial charge is 0.224 e. The lowest BCUT2D eigenvalue weighted by molar-refractivity contribution is -0.121. The first-order chi connectivity index (χ1) is 9.54. The normalized spacial score (nSPS) is 11.9. The van der Waals surface area contributed by atoms with Crippen LogP contribution in [0.4, 0.5) is 10.1 Å². The number of amides is 1. The third-order valence-electron chi connectivity index (χ3n) is 3.04. The van der Waals surface area contributed by atoms with E-state index in [0.717, 1.165) is 5.56 Å². The van der Waals surface area contributed by atoms with Gasteiger partial charge in [-0.05, 0) is 42.3 Å². The van der Waals surface area contributed by atoms with Crippen molar-refractivity contribution in [3.8, 4) is 0 Å². The van der Waals surface area contributed by atoms with E-state index in [4.69, 9.17) is 5.73 Å². The van der Waals surface area contributed by atoms with E-state index in [-0.39, 0.29) is 24.2 Å². The maximum Gasteiger partial charge on any atom is 0.224 e. The molecule has 4 heteroatoms. The number of nitrogen functional groups attached to an aromatic ring is 1. The summed E-state index contributed by atoms with van der Waals surface area (Å²) in [6, 6.07) is 13.3. The molecule has 0 saturated carbocycles. The van der Waals surface area contributed by atoms with Gasteiger partial charge in [0.05, 0.1) is 12.5 Å². The fraction of sp³-hybridized carbons (Fsp3) is 0.188. The predicted molar refractivity (Wildman–Crippen MR) is 77.5 cm³/mol. The van der Waals surface area contributed by atoms with Gasteiger partial charge in [-0.15, -0.1) is 0 Å². The van der Waals surface area contributed by atoms with Gasteiger partial charge in [0.1, 0.15) is 5.82 Å². The minimum atomic E-state index is -0.334. The summed E-state index contributed by atoms with van der Waals surface area (Å²) in [6.45, 7) is 1.89. The number of nitrogens with two attached hydrogens (primary N) is 1. The fourth-order valence-corrected chi connectivity index (χ4v) is 2.04. The van der Waals surface area contributed by atoms with E-state index < -0.39 is 0 Å². The molecule has 1 unspecified atom stereocenters. The largest absolute Gasteiger partial charge is 0.399 e. The molecule has 1 amide bonds. The van der Waals surface area contributed by atoms with E-state index in [2.05, 4.69) is 5.32 Å². The van der Waals surface area contributed by atoms with Crippen molar-refractivity contribution in [1.29, 1.82) is 0 Å². The zero-order chi connectivity index (χ0) is 14.5. The summed E-state index contributed by atoms with van der Waals surface area (Å²) in [4.78, 5) is 11.9. The van der Waals surface area contributed by atoms with Crippen molar-refractivity contribution in [1.82, 2.24) is 5.32 Å². The Labute approximate surface area is 117 Å². The third kappa shape index (κ3) is 3.82. The Morgan fingerprint density at radius 2 is 2.00 bits per heavy atom. The van der Waals surface area contributed by atoms with Crippen LogP contribution in [0.3, 0.4) is 0 Å². The Kier molecular flexibility index (Phi) is 4.35. The summed E-state index contributed by atoms with van der Waals surface area (Å²) in [7, 11) is 0. The molecule has 0 saturated heterocycles. The maximum atomic E-state index is 13.0. The van der Waals surface area contributed by atoms with Crippen LogP contribution in [0.2, 0.25) is 0 Å². The summed E-state index contributed by atoms with van der Waals surface area (Å²) in [5, 5.41) is 2.87. The zero-order valence-corrected chi connectivity index (χ0v) is 11.3. The van der Waals surface area contributed by atoms with Crippen LogP contribution in [0.15, 0.2) is 48.5 Å². The number of rotatable bonds is 4. The molecule has 3 N–H and O–H groups in total. The SMILES string of the molecule is CC(NC(=O)Cc1cccc(F)c1)c1cccc(N)c1. The molecule has 0 fully saturated rings. The summed E-state index contributed by atoms with van der Waals surface area (Å²) >= 11 is 0. The minimum Gasteiger partial charge on any atom is -0.399 e. The van der Waals surface area contributed by atoms with E-state index in [9.17, 15) is 9.18 Å². The predicted octanol–water partition coefficient (Wildman–Crippen LogP) is 2.83. The second kappa shape index (κ2) is 6.19. The first-order valence-corrected chi connectivity index (χ1v) is 6.44. The fourth-order valence-electron chi connectivity index (χ4n) is 2.04. The number of carbonyl (C=O) groups is 1. The second-order valence-corrected chi connectivity index (χ2v) is 4.77. The second-order valence-electron chi connectivity index (χ2n) is 4.77. The van der Waals surface area contributed by atoms with Gasteiger partial charge in [-0.2, -0.15) is 0 Å². The van der Waals surface area contributed by atoms with Gasteiger partial charge >= 0.3 is 0 Å². The lowest BCUT2D eigenvalue weighted by Gasteiger charge is -2.15. The quantitative estimate of drug-likeness (QED) is 0.841. The monoisotopic (exact) mass is 272 g/mol. The lowest BCUT2D eigenvalue weighted by Crippen LogP contribution is -2.28. The molecule has 0 aliphatic rings. The molecule has 104 valence electrons. The number of hydrogen-bond donors (Lipinski definition) is 2. The highest BCUT2D eigenvalue weighted by atomic mass is 19.1. The average molecular weight is 272 g/mol. The van der Waals surface area contributed by atoms with Crippen LogP contribution in [0.25, 0.3) is 0 Å². The van der Waals surface area contributed by atoms with Crippen molar-refractivity contribution in [3.05, 3.63) is 65.5 Å². The van der Waals surface area contributed by atoms with Crippen LogP contribution >= 0.6 is 0 Å². The topological polar surface area (TPSA) is 55.1 Å². The molecule has 0 aliphatic heterocycles. The van der Waals surface area contributed by atoms with Crippen LogP contribution < -0.4 is 11.1 Å². The van der Waals surface area contributed by atoms with Gasteiger partial charge in [-0.3, -0.25) is 4.79 Å². The van der Waals surface area contributed by atoms with Crippen molar-refractivity contribution in [2.24, 2.45) is 0 Å². The minimum absolute atomic E-state index is 0.139. The molecule has 1 atom stereocenters. The van der Waals surface area contributed by atoms with Crippen LogP contribution in [0, 0.1) is 5.82 Å². The number of anilines is 1. The summed E-state index contributed by atoms with van der Waals surface area (Å²) in [5.41, 5.74) is 7.97. The zero-order valence-electron chi connectivity index (χ0n) is 11.3. The van der Waals surface area contributed by atoms with Gasteiger partial charge in [0.25, 0.3) is 0 Å². The van der Waals surface area contributed by atoms with Gasteiger partial charge in [-0.25, -0.2) is 4.39 Å². The Morgan fingerprint density at radius 1 is 1.25 bits per heavy atom. The van der Waals surface area contributed by atoms with Crippen LogP contribution in [-0.2, 0) is 11.2 Å². The van der Waals surface area contributed by atoms with Crippen molar-refractivity contribution >= 4 is 11.6 Å². The van der Waals surface area contributed by atoms with Gasteiger partial charge in [0.15, 0.2) is 0 Å². The lowest BCUT2D eigenvalue weighted by atomic mass is 10.1. The third-order valence-corrected chi connectivity index (χ3v) is 3.04. The van der Waals surface area contributed by atoms with E-state index in [0.29, 0.717) is 11.3 Å². The van der Waals surface area contributed by atoms with Gasteiger partial charge in [0, 0.05) is 5.69 Å². The first-order valence-electron chi connectivity index (χ1n) is 6.44. The van der Waals surface area contributed by atoms with E-state index in [1.165, 1.54) is 12.1 Å². The number of nitrogens with one attached hydrogen (secondary N) is 1. The molecule has 2 rings (SSSR count). The molecule has 0 aromatic heterocycles.